The zero-order valence-electron chi connectivity index (χ0n) is 13.3. The third kappa shape index (κ3) is 3.90. The SMILES string of the molecule is O=C(Nc1ccc(F)cc1F)C(=O)N1CCN(c2ccccn2)CC1. The van der Waals surface area contributed by atoms with Crippen LogP contribution in [0.5, 0.6) is 0 Å². The molecule has 130 valence electrons. The van der Waals surface area contributed by atoms with Crippen molar-refractivity contribution in [3.05, 3.63) is 54.2 Å². The van der Waals surface area contributed by atoms with Crippen LogP contribution in [0.15, 0.2) is 42.6 Å². The molecule has 0 unspecified atom stereocenters. The fraction of sp³-hybridized carbons (Fsp3) is 0.235. The maximum Gasteiger partial charge on any atom is 0.313 e. The maximum absolute atomic E-state index is 13.6. The number of hydrogen-bond acceptors (Lipinski definition) is 4. The number of amides is 2. The standard InChI is InChI=1S/C17H16F2N4O2/c18-12-4-5-14(13(19)11-12)21-16(24)17(25)23-9-7-22(8-10-23)15-3-1-2-6-20-15/h1-6,11H,7-10H2,(H,21,24). The highest BCUT2D eigenvalue weighted by molar-refractivity contribution is 6.39. The summed E-state index contributed by atoms with van der Waals surface area (Å²) in [6.07, 6.45) is 1.69. The Balaban J connectivity index is 1.57. The van der Waals surface area contributed by atoms with Gasteiger partial charge >= 0.3 is 11.8 Å². The third-order valence-electron chi connectivity index (χ3n) is 3.91. The quantitative estimate of drug-likeness (QED) is 0.840. The molecule has 0 spiro atoms. The zero-order valence-corrected chi connectivity index (χ0v) is 13.3. The Morgan fingerprint density at radius 3 is 2.44 bits per heavy atom. The molecule has 1 aliphatic heterocycles. The van der Waals surface area contributed by atoms with Crippen LogP contribution in [0, 0.1) is 11.6 Å². The van der Waals surface area contributed by atoms with Gasteiger partial charge in [0, 0.05) is 38.4 Å². The normalized spacial score (nSPS) is 14.3. The van der Waals surface area contributed by atoms with Gasteiger partial charge in [0.25, 0.3) is 0 Å². The van der Waals surface area contributed by atoms with E-state index in [-0.39, 0.29) is 5.69 Å². The molecule has 0 saturated carbocycles. The van der Waals surface area contributed by atoms with Gasteiger partial charge in [-0.25, -0.2) is 13.8 Å². The fourth-order valence-electron chi connectivity index (χ4n) is 2.59. The summed E-state index contributed by atoms with van der Waals surface area (Å²) < 4.78 is 26.4. The van der Waals surface area contributed by atoms with Crippen molar-refractivity contribution in [2.75, 3.05) is 36.4 Å². The lowest BCUT2D eigenvalue weighted by Crippen LogP contribution is -2.51. The lowest BCUT2D eigenvalue weighted by Gasteiger charge is -2.34. The van der Waals surface area contributed by atoms with E-state index in [9.17, 15) is 18.4 Å². The van der Waals surface area contributed by atoms with E-state index in [1.165, 1.54) is 4.90 Å². The van der Waals surface area contributed by atoms with Crippen molar-refractivity contribution in [2.24, 2.45) is 0 Å². The summed E-state index contributed by atoms with van der Waals surface area (Å²) in [5.41, 5.74) is -0.230. The average molecular weight is 346 g/mol. The van der Waals surface area contributed by atoms with Crippen molar-refractivity contribution >= 4 is 23.3 Å². The molecule has 1 aromatic heterocycles. The summed E-state index contributed by atoms with van der Waals surface area (Å²) in [5, 5.41) is 2.18. The molecule has 0 bridgehead atoms. The Morgan fingerprint density at radius 1 is 1.04 bits per heavy atom. The zero-order chi connectivity index (χ0) is 17.8. The van der Waals surface area contributed by atoms with Crippen LogP contribution >= 0.6 is 0 Å². The van der Waals surface area contributed by atoms with Crippen LogP contribution in [-0.2, 0) is 9.59 Å². The first-order valence-corrected chi connectivity index (χ1v) is 7.76. The van der Waals surface area contributed by atoms with Gasteiger partial charge in [0.2, 0.25) is 0 Å². The maximum atomic E-state index is 13.6. The van der Waals surface area contributed by atoms with E-state index in [0.717, 1.165) is 18.0 Å². The van der Waals surface area contributed by atoms with Crippen LogP contribution in [0.4, 0.5) is 20.3 Å². The summed E-state index contributed by atoms with van der Waals surface area (Å²) in [7, 11) is 0. The fourth-order valence-corrected chi connectivity index (χ4v) is 2.59. The molecule has 1 saturated heterocycles. The van der Waals surface area contributed by atoms with Crippen LogP contribution in [0.2, 0.25) is 0 Å². The largest absolute Gasteiger partial charge is 0.353 e. The van der Waals surface area contributed by atoms with Crippen LogP contribution < -0.4 is 10.2 Å². The molecular formula is C17H16F2N4O2. The molecule has 0 atom stereocenters. The smallest absolute Gasteiger partial charge is 0.313 e. The molecule has 0 radical (unpaired) electrons. The topological polar surface area (TPSA) is 65.5 Å². The summed E-state index contributed by atoms with van der Waals surface area (Å²) >= 11 is 0. The first kappa shape index (κ1) is 16.8. The van der Waals surface area contributed by atoms with Crippen molar-refractivity contribution in [3.8, 4) is 0 Å². The van der Waals surface area contributed by atoms with Gasteiger partial charge in [0.1, 0.15) is 17.5 Å². The van der Waals surface area contributed by atoms with E-state index in [4.69, 9.17) is 0 Å². The number of benzene rings is 1. The minimum atomic E-state index is -0.947. The second-order valence-corrected chi connectivity index (χ2v) is 5.55. The second-order valence-electron chi connectivity index (χ2n) is 5.55. The predicted octanol–water partition coefficient (Wildman–Crippen LogP) is 1.65. The first-order valence-electron chi connectivity index (χ1n) is 7.76. The summed E-state index contributed by atoms with van der Waals surface area (Å²) in [6, 6.07) is 8.31. The molecule has 2 heterocycles. The number of piperazine rings is 1. The highest BCUT2D eigenvalue weighted by Crippen LogP contribution is 2.16. The first-order chi connectivity index (χ1) is 12.0. The molecule has 25 heavy (non-hydrogen) atoms. The van der Waals surface area contributed by atoms with Gasteiger partial charge in [-0.3, -0.25) is 9.59 Å². The number of aromatic nitrogens is 1. The number of nitrogens with zero attached hydrogens (tertiary/aromatic N) is 3. The van der Waals surface area contributed by atoms with Crippen LogP contribution in [-0.4, -0.2) is 47.9 Å². The summed E-state index contributed by atoms with van der Waals surface area (Å²) in [4.78, 5) is 31.9. The van der Waals surface area contributed by atoms with Crippen LogP contribution in [0.25, 0.3) is 0 Å². The third-order valence-corrected chi connectivity index (χ3v) is 3.91. The number of rotatable bonds is 2. The van der Waals surface area contributed by atoms with Crippen molar-refractivity contribution in [1.82, 2.24) is 9.88 Å². The van der Waals surface area contributed by atoms with E-state index < -0.39 is 23.4 Å². The minimum Gasteiger partial charge on any atom is -0.353 e. The highest BCUT2D eigenvalue weighted by Gasteiger charge is 2.27. The van der Waals surface area contributed by atoms with Crippen LogP contribution in [0.1, 0.15) is 0 Å². The second kappa shape index (κ2) is 7.25. The number of pyridine rings is 1. The van der Waals surface area contributed by atoms with Gasteiger partial charge in [0.05, 0.1) is 5.69 Å². The van der Waals surface area contributed by atoms with Crippen molar-refractivity contribution in [1.29, 1.82) is 0 Å². The number of carbonyl (C=O) groups excluding carboxylic acids is 2. The Labute approximate surface area is 143 Å². The number of nitrogens with one attached hydrogen (secondary N) is 1. The highest BCUT2D eigenvalue weighted by atomic mass is 19.1. The number of hydrogen-bond donors (Lipinski definition) is 1. The number of anilines is 2. The molecule has 1 N–H and O–H groups in total. The van der Waals surface area contributed by atoms with Gasteiger partial charge < -0.3 is 15.1 Å². The average Bonchev–Trinajstić information content (AvgIpc) is 2.64. The lowest BCUT2D eigenvalue weighted by molar-refractivity contribution is -0.143. The molecule has 1 aliphatic rings. The Morgan fingerprint density at radius 2 is 1.80 bits per heavy atom. The molecule has 3 rings (SSSR count). The van der Waals surface area contributed by atoms with Crippen molar-refractivity contribution < 1.29 is 18.4 Å². The number of carbonyl (C=O) groups is 2. The van der Waals surface area contributed by atoms with Crippen LogP contribution in [0.3, 0.4) is 0 Å². The van der Waals surface area contributed by atoms with E-state index in [2.05, 4.69) is 10.3 Å². The molecule has 1 aromatic carbocycles. The van der Waals surface area contributed by atoms with E-state index in [1.807, 2.05) is 23.1 Å². The summed E-state index contributed by atoms with van der Waals surface area (Å²) in [6.45, 7) is 1.80. The lowest BCUT2D eigenvalue weighted by atomic mass is 10.2. The monoisotopic (exact) mass is 346 g/mol. The van der Waals surface area contributed by atoms with Gasteiger partial charge in [-0.15, -0.1) is 0 Å². The van der Waals surface area contributed by atoms with Crippen molar-refractivity contribution in [2.45, 2.75) is 0 Å². The van der Waals surface area contributed by atoms with Gasteiger partial charge in [-0.05, 0) is 24.3 Å². The molecule has 1 fully saturated rings. The minimum absolute atomic E-state index is 0.230. The molecular weight excluding hydrogens is 330 g/mol. The molecule has 6 nitrogen and oxygen atoms in total. The molecule has 0 aliphatic carbocycles. The number of halogens is 2. The van der Waals surface area contributed by atoms with Gasteiger partial charge in [-0.1, -0.05) is 6.07 Å². The van der Waals surface area contributed by atoms with E-state index >= 15 is 0 Å². The predicted molar refractivity (Wildman–Crippen MR) is 88.0 cm³/mol. The van der Waals surface area contributed by atoms with Gasteiger partial charge in [0.15, 0.2) is 0 Å². The summed E-state index contributed by atoms with van der Waals surface area (Å²) in [5.74, 6) is -2.57. The Bertz CT molecular complexity index is 777. The van der Waals surface area contributed by atoms with E-state index in [0.29, 0.717) is 32.2 Å². The van der Waals surface area contributed by atoms with E-state index in [1.54, 1.807) is 6.20 Å². The molecule has 2 amide bonds. The Hall–Kier alpha value is -3.03. The Kier molecular flexibility index (Phi) is 4.87. The molecule has 8 heteroatoms. The molecule has 2 aromatic rings. The van der Waals surface area contributed by atoms with Gasteiger partial charge in [-0.2, -0.15) is 0 Å². The van der Waals surface area contributed by atoms with Crippen molar-refractivity contribution in [3.63, 3.8) is 0 Å².